The highest BCUT2D eigenvalue weighted by Gasteiger charge is 2.27. The molecule has 0 atom stereocenters. The Morgan fingerprint density at radius 2 is 1.72 bits per heavy atom. The maximum absolute atomic E-state index is 14.8. The summed E-state index contributed by atoms with van der Waals surface area (Å²) in [5, 5.41) is 15.6. The third-order valence-corrected chi connectivity index (χ3v) is 5.88. The second-order valence-corrected chi connectivity index (χ2v) is 8.87. The van der Waals surface area contributed by atoms with Crippen molar-refractivity contribution >= 4 is 32.6 Å². The number of sulfone groups is 1. The van der Waals surface area contributed by atoms with Gasteiger partial charge in [0.15, 0.2) is 21.3 Å². The fourth-order valence-electron chi connectivity index (χ4n) is 3.22. The van der Waals surface area contributed by atoms with Gasteiger partial charge in [-0.15, -0.1) is 0 Å². The molecule has 0 saturated heterocycles. The third-order valence-electron chi connectivity index (χ3n) is 4.77. The lowest BCUT2D eigenvalue weighted by atomic mass is 10.0. The first-order valence-corrected chi connectivity index (χ1v) is 10.9. The van der Waals surface area contributed by atoms with E-state index < -0.39 is 43.7 Å². The molecule has 32 heavy (non-hydrogen) atoms. The summed E-state index contributed by atoms with van der Waals surface area (Å²) in [6, 6.07) is 9.05. The van der Waals surface area contributed by atoms with E-state index in [0.29, 0.717) is 23.4 Å². The molecule has 0 aliphatic heterocycles. The van der Waals surface area contributed by atoms with Crippen molar-refractivity contribution < 1.29 is 31.9 Å². The molecule has 11 heteroatoms. The average molecular weight is 457 g/mol. The molecule has 4 rings (SSSR count). The van der Waals surface area contributed by atoms with E-state index >= 15 is 0 Å². The van der Waals surface area contributed by atoms with Gasteiger partial charge in [-0.3, -0.25) is 9.89 Å². The summed E-state index contributed by atoms with van der Waals surface area (Å²) >= 11 is 0. The Morgan fingerprint density at radius 3 is 2.34 bits per heavy atom. The third kappa shape index (κ3) is 3.62. The largest absolute Gasteiger partial charge is 0.478 e. The summed E-state index contributed by atoms with van der Waals surface area (Å²) in [6.07, 6.45) is 2.10. The number of fused-ring (bicyclic) bond motifs is 1. The lowest BCUT2D eigenvalue weighted by Crippen LogP contribution is -2.12. The molecule has 2 aromatic carbocycles. The van der Waals surface area contributed by atoms with Crippen LogP contribution in [0.4, 0.5) is 8.78 Å². The van der Waals surface area contributed by atoms with Crippen LogP contribution in [0.3, 0.4) is 0 Å². The van der Waals surface area contributed by atoms with Crippen molar-refractivity contribution in [1.29, 1.82) is 0 Å². The van der Waals surface area contributed by atoms with Crippen LogP contribution in [0.15, 0.2) is 53.6 Å². The lowest BCUT2D eigenvalue weighted by Gasteiger charge is -2.07. The van der Waals surface area contributed by atoms with Crippen LogP contribution >= 0.6 is 0 Å². The van der Waals surface area contributed by atoms with E-state index in [4.69, 9.17) is 5.11 Å². The molecule has 2 N–H and O–H groups in total. The highest BCUT2D eigenvalue weighted by Crippen LogP contribution is 2.28. The van der Waals surface area contributed by atoms with Gasteiger partial charge in [0.2, 0.25) is 5.78 Å². The molecule has 8 nitrogen and oxygen atoms in total. The molecule has 0 fully saturated rings. The fourth-order valence-corrected chi connectivity index (χ4v) is 4.08. The predicted molar refractivity (Wildman–Crippen MR) is 109 cm³/mol. The molecule has 162 valence electrons. The Bertz CT molecular complexity index is 1510. The van der Waals surface area contributed by atoms with Gasteiger partial charge in [0, 0.05) is 18.0 Å². The molecule has 2 aromatic heterocycles. The number of H-pyrrole nitrogens is 1. The van der Waals surface area contributed by atoms with Crippen LogP contribution in [0.5, 0.6) is 0 Å². The van der Waals surface area contributed by atoms with Crippen molar-refractivity contribution in [3.63, 3.8) is 0 Å². The minimum atomic E-state index is -4.27. The van der Waals surface area contributed by atoms with E-state index in [2.05, 4.69) is 15.2 Å². The van der Waals surface area contributed by atoms with Crippen molar-refractivity contribution in [2.75, 3.05) is 6.26 Å². The zero-order valence-electron chi connectivity index (χ0n) is 16.3. The summed E-state index contributed by atoms with van der Waals surface area (Å²) in [7, 11) is -4.27. The molecule has 0 aliphatic rings. The van der Waals surface area contributed by atoms with Gasteiger partial charge >= 0.3 is 5.97 Å². The van der Waals surface area contributed by atoms with Crippen LogP contribution in [0.1, 0.15) is 26.4 Å². The first-order chi connectivity index (χ1) is 15.1. The van der Waals surface area contributed by atoms with E-state index in [1.807, 2.05) is 0 Å². The van der Waals surface area contributed by atoms with Gasteiger partial charge in [0.05, 0.1) is 16.5 Å². The van der Waals surface area contributed by atoms with Gasteiger partial charge in [-0.2, -0.15) is 5.10 Å². The number of aromatic amines is 1. The Kier molecular flexibility index (Phi) is 5.05. The Hall–Kier alpha value is -3.99. The number of halogens is 2. The molecular formula is C21H13F2N3O5S. The van der Waals surface area contributed by atoms with Gasteiger partial charge in [-0.05, 0) is 35.9 Å². The topological polar surface area (TPSA) is 130 Å². The fraction of sp³-hybridized carbons (Fsp3) is 0.0476. The first kappa shape index (κ1) is 21.2. The number of carbonyl (C=O) groups is 2. The van der Waals surface area contributed by atoms with E-state index in [0.717, 1.165) is 6.07 Å². The quantitative estimate of drug-likeness (QED) is 0.440. The van der Waals surface area contributed by atoms with Crippen LogP contribution in [-0.4, -0.2) is 46.7 Å². The standard InChI is InChI=1S/C21H13F2N3O5S/c1-32(30,31)19-15(22)7-6-13(16(19)23)18(27)17-14-8-12(9-24-20(14)26-25-17)10-2-4-11(5-3-10)21(28)29/h2-9H,1H3,(H,28,29)(H,24,25,26). The van der Waals surface area contributed by atoms with Crippen molar-refractivity contribution in [3.05, 3.63) is 77.1 Å². The molecule has 0 bridgehead atoms. The number of rotatable bonds is 5. The molecule has 0 unspecified atom stereocenters. The van der Waals surface area contributed by atoms with Crippen molar-refractivity contribution in [1.82, 2.24) is 15.2 Å². The van der Waals surface area contributed by atoms with E-state index in [1.165, 1.54) is 18.3 Å². The van der Waals surface area contributed by atoms with Crippen molar-refractivity contribution in [3.8, 4) is 11.1 Å². The number of nitrogens with one attached hydrogen (secondary N) is 1. The van der Waals surface area contributed by atoms with Gasteiger partial charge < -0.3 is 5.11 Å². The predicted octanol–water partition coefficient (Wildman–Crippen LogP) is 3.24. The molecule has 0 saturated carbocycles. The van der Waals surface area contributed by atoms with Gasteiger partial charge in [0.25, 0.3) is 0 Å². The van der Waals surface area contributed by atoms with Gasteiger partial charge in [0.1, 0.15) is 16.4 Å². The zero-order chi connectivity index (χ0) is 23.2. The van der Waals surface area contributed by atoms with E-state index in [1.54, 1.807) is 18.2 Å². The van der Waals surface area contributed by atoms with Crippen LogP contribution in [0.2, 0.25) is 0 Å². The lowest BCUT2D eigenvalue weighted by molar-refractivity contribution is 0.0696. The van der Waals surface area contributed by atoms with Crippen LogP contribution in [-0.2, 0) is 9.84 Å². The maximum atomic E-state index is 14.8. The van der Waals surface area contributed by atoms with Crippen molar-refractivity contribution in [2.45, 2.75) is 4.90 Å². The number of hydrogen-bond donors (Lipinski definition) is 2. The Morgan fingerprint density at radius 1 is 1.03 bits per heavy atom. The minimum Gasteiger partial charge on any atom is -0.478 e. The maximum Gasteiger partial charge on any atom is 0.335 e. The number of nitrogens with zero attached hydrogens (tertiary/aromatic N) is 2. The number of carbonyl (C=O) groups excluding carboxylic acids is 1. The monoisotopic (exact) mass is 457 g/mol. The SMILES string of the molecule is CS(=O)(=O)c1c(F)ccc(C(=O)c2[nH]nc3ncc(-c4ccc(C(=O)O)cc4)cc23)c1F. The number of carboxylic acid groups (broad SMARTS) is 1. The van der Waals surface area contributed by atoms with Crippen LogP contribution in [0, 0.1) is 11.6 Å². The normalized spacial score (nSPS) is 11.6. The van der Waals surface area contributed by atoms with Crippen LogP contribution in [0.25, 0.3) is 22.2 Å². The van der Waals surface area contributed by atoms with Crippen LogP contribution < -0.4 is 0 Å². The zero-order valence-corrected chi connectivity index (χ0v) is 17.1. The Balaban J connectivity index is 1.82. The summed E-state index contributed by atoms with van der Waals surface area (Å²) in [4.78, 5) is 27.0. The molecule has 0 aliphatic carbocycles. The number of hydrogen-bond acceptors (Lipinski definition) is 6. The number of pyridine rings is 1. The summed E-state index contributed by atoms with van der Waals surface area (Å²) in [5.41, 5.74) is 0.563. The van der Waals surface area contributed by atoms with E-state index in [-0.39, 0.29) is 22.3 Å². The first-order valence-electron chi connectivity index (χ1n) is 8.98. The molecule has 4 aromatic rings. The van der Waals surface area contributed by atoms with E-state index in [9.17, 15) is 26.8 Å². The van der Waals surface area contributed by atoms with Crippen molar-refractivity contribution in [2.24, 2.45) is 0 Å². The number of benzene rings is 2. The number of ketones is 1. The van der Waals surface area contributed by atoms with Gasteiger partial charge in [-0.1, -0.05) is 12.1 Å². The molecular weight excluding hydrogens is 444 g/mol. The number of carboxylic acids is 1. The smallest absolute Gasteiger partial charge is 0.335 e. The Labute approximate surface area is 179 Å². The summed E-state index contributed by atoms with van der Waals surface area (Å²) < 4.78 is 52.2. The van der Waals surface area contributed by atoms with Gasteiger partial charge in [-0.25, -0.2) is 27.0 Å². The molecule has 0 amide bonds. The summed E-state index contributed by atoms with van der Waals surface area (Å²) in [5.74, 6) is -4.81. The molecule has 2 heterocycles. The minimum absolute atomic E-state index is 0.0930. The second kappa shape index (κ2) is 7.61. The molecule has 0 radical (unpaired) electrons. The highest BCUT2D eigenvalue weighted by atomic mass is 32.2. The highest BCUT2D eigenvalue weighted by molar-refractivity contribution is 7.90. The molecule has 0 spiro atoms. The summed E-state index contributed by atoms with van der Waals surface area (Å²) in [6.45, 7) is 0. The second-order valence-electron chi connectivity index (χ2n) is 6.92. The number of aromatic carboxylic acids is 1. The number of aromatic nitrogens is 3. The average Bonchev–Trinajstić information content (AvgIpc) is 3.15.